The maximum Gasteiger partial charge on any atom is 0.0818 e. The number of aliphatic hydroxyl groups excluding tert-OH is 1. The lowest BCUT2D eigenvalue weighted by Crippen LogP contribution is -2.14. The van der Waals surface area contributed by atoms with Gasteiger partial charge in [-0.1, -0.05) is 68.5 Å². The Hall–Kier alpha value is -1.34. The highest BCUT2D eigenvalue weighted by Gasteiger charge is 2.21. The summed E-state index contributed by atoms with van der Waals surface area (Å²) in [6.45, 7) is 0. The average Bonchev–Trinajstić information content (AvgIpc) is 2.46. The quantitative estimate of drug-likeness (QED) is 0.790. The van der Waals surface area contributed by atoms with Gasteiger partial charge in [0, 0.05) is 0 Å². The number of aliphatic hydroxyl groups is 1. The Morgan fingerprint density at radius 1 is 0.800 bits per heavy atom. The summed E-state index contributed by atoms with van der Waals surface area (Å²) in [6, 6.07) is 14.8. The van der Waals surface area contributed by atoms with Gasteiger partial charge in [0.1, 0.15) is 0 Å². The van der Waals surface area contributed by atoms with Crippen LogP contribution in [0.1, 0.15) is 56.6 Å². The third kappa shape index (κ3) is 3.04. The maximum absolute atomic E-state index is 10.7. The Bertz CT molecular complexity index is 552. The third-order valence-electron chi connectivity index (χ3n) is 4.71. The number of rotatable bonds is 2. The SMILES string of the molecule is OC(c1ccc2ccccc2c1)C1CCCCCCC1. The van der Waals surface area contributed by atoms with Crippen LogP contribution in [-0.2, 0) is 0 Å². The minimum absolute atomic E-state index is 0.294. The standard InChI is InChI=1S/C19H24O/c20-19(16-9-4-2-1-3-5-10-16)18-13-12-15-8-6-7-11-17(15)14-18/h6-8,11-14,16,19-20H,1-5,9-10H2. The van der Waals surface area contributed by atoms with Crippen molar-refractivity contribution in [1.29, 1.82) is 0 Å². The van der Waals surface area contributed by atoms with Crippen LogP contribution >= 0.6 is 0 Å². The van der Waals surface area contributed by atoms with Crippen molar-refractivity contribution < 1.29 is 5.11 Å². The van der Waals surface area contributed by atoms with Gasteiger partial charge in [0.15, 0.2) is 0 Å². The van der Waals surface area contributed by atoms with E-state index in [0.29, 0.717) is 5.92 Å². The van der Waals surface area contributed by atoms with Crippen molar-refractivity contribution in [3.8, 4) is 0 Å². The van der Waals surface area contributed by atoms with E-state index in [1.54, 1.807) is 0 Å². The molecule has 0 spiro atoms. The molecule has 0 radical (unpaired) electrons. The summed E-state index contributed by atoms with van der Waals surface area (Å²) >= 11 is 0. The molecule has 0 heterocycles. The molecule has 20 heavy (non-hydrogen) atoms. The summed E-state index contributed by atoms with van der Waals surface area (Å²) in [5.41, 5.74) is 1.09. The van der Waals surface area contributed by atoms with Gasteiger partial charge in [-0.15, -0.1) is 0 Å². The van der Waals surface area contributed by atoms with Crippen LogP contribution in [0.3, 0.4) is 0 Å². The molecule has 0 amide bonds. The fourth-order valence-corrected chi connectivity index (χ4v) is 3.47. The fraction of sp³-hybridized carbons (Fsp3) is 0.474. The molecule has 0 bridgehead atoms. The van der Waals surface area contributed by atoms with Gasteiger partial charge in [0.2, 0.25) is 0 Å². The molecule has 1 saturated carbocycles. The molecule has 1 heteroatoms. The summed E-state index contributed by atoms with van der Waals surface area (Å²) in [7, 11) is 0. The summed E-state index contributed by atoms with van der Waals surface area (Å²) in [4.78, 5) is 0. The van der Waals surface area contributed by atoms with Crippen LogP contribution in [0.2, 0.25) is 0 Å². The van der Waals surface area contributed by atoms with Crippen LogP contribution in [0.4, 0.5) is 0 Å². The van der Waals surface area contributed by atoms with Crippen LogP contribution in [-0.4, -0.2) is 5.11 Å². The second-order valence-corrected chi connectivity index (χ2v) is 6.16. The van der Waals surface area contributed by atoms with E-state index >= 15 is 0 Å². The van der Waals surface area contributed by atoms with E-state index in [4.69, 9.17) is 0 Å². The van der Waals surface area contributed by atoms with Crippen molar-refractivity contribution in [2.45, 2.75) is 51.0 Å². The van der Waals surface area contributed by atoms with Crippen LogP contribution in [0, 0.1) is 5.92 Å². The number of fused-ring (bicyclic) bond motifs is 1. The topological polar surface area (TPSA) is 20.2 Å². The highest BCUT2D eigenvalue weighted by molar-refractivity contribution is 5.83. The molecule has 1 unspecified atom stereocenters. The van der Waals surface area contributed by atoms with Gasteiger partial charge in [0.05, 0.1) is 6.10 Å². The van der Waals surface area contributed by atoms with Crippen molar-refractivity contribution in [3.05, 3.63) is 48.0 Å². The number of hydrogen-bond donors (Lipinski definition) is 1. The lowest BCUT2D eigenvalue weighted by molar-refractivity contribution is 0.0914. The molecule has 3 rings (SSSR count). The van der Waals surface area contributed by atoms with Gasteiger partial charge in [0.25, 0.3) is 0 Å². The highest BCUT2D eigenvalue weighted by atomic mass is 16.3. The number of benzene rings is 2. The highest BCUT2D eigenvalue weighted by Crippen LogP contribution is 2.33. The zero-order valence-corrected chi connectivity index (χ0v) is 12.1. The average molecular weight is 268 g/mol. The predicted molar refractivity (Wildman–Crippen MR) is 84.7 cm³/mol. The molecule has 0 aromatic heterocycles. The summed E-state index contributed by atoms with van der Waals surface area (Å²) in [5, 5.41) is 13.2. The smallest absolute Gasteiger partial charge is 0.0818 e. The van der Waals surface area contributed by atoms with Gasteiger partial charge in [-0.05, 0) is 41.2 Å². The van der Waals surface area contributed by atoms with Crippen LogP contribution in [0.5, 0.6) is 0 Å². The molecule has 1 aliphatic carbocycles. The molecule has 1 N–H and O–H groups in total. The van der Waals surface area contributed by atoms with Gasteiger partial charge in [-0.3, -0.25) is 0 Å². The van der Waals surface area contributed by atoms with Gasteiger partial charge in [-0.25, -0.2) is 0 Å². The molecule has 0 saturated heterocycles. The molecule has 1 nitrogen and oxygen atoms in total. The van der Waals surface area contributed by atoms with Crippen molar-refractivity contribution in [3.63, 3.8) is 0 Å². The van der Waals surface area contributed by atoms with E-state index in [0.717, 1.165) is 5.56 Å². The molecule has 1 fully saturated rings. The molecule has 2 aromatic carbocycles. The fourth-order valence-electron chi connectivity index (χ4n) is 3.47. The minimum Gasteiger partial charge on any atom is -0.388 e. The lowest BCUT2D eigenvalue weighted by atomic mass is 9.84. The number of hydrogen-bond acceptors (Lipinski definition) is 1. The second-order valence-electron chi connectivity index (χ2n) is 6.16. The van der Waals surface area contributed by atoms with E-state index in [2.05, 4.69) is 42.5 Å². The largest absolute Gasteiger partial charge is 0.388 e. The Kier molecular flexibility index (Phi) is 4.37. The van der Waals surface area contributed by atoms with Gasteiger partial charge in [-0.2, -0.15) is 0 Å². The Morgan fingerprint density at radius 3 is 2.20 bits per heavy atom. The Labute approximate surface area is 121 Å². The minimum atomic E-state index is -0.294. The van der Waals surface area contributed by atoms with E-state index in [-0.39, 0.29) is 6.10 Å². The van der Waals surface area contributed by atoms with Crippen LogP contribution < -0.4 is 0 Å². The zero-order chi connectivity index (χ0) is 13.8. The first-order chi connectivity index (χ1) is 9.84. The summed E-state index contributed by atoms with van der Waals surface area (Å²) < 4.78 is 0. The van der Waals surface area contributed by atoms with E-state index < -0.39 is 0 Å². The molecular formula is C19H24O. The molecular weight excluding hydrogens is 244 g/mol. The molecule has 1 aliphatic rings. The van der Waals surface area contributed by atoms with E-state index in [9.17, 15) is 5.11 Å². The van der Waals surface area contributed by atoms with E-state index in [1.165, 1.54) is 55.7 Å². The Balaban J connectivity index is 1.81. The monoisotopic (exact) mass is 268 g/mol. The summed E-state index contributed by atoms with van der Waals surface area (Å²) in [6.07, 6.45) is 8.64. The Morgan fingerprint density at radius 2 is 1.45 bits per heavy atom. The van der Waals surface area contributed by atoms with Gasteiger partial charge < -0.3 is 5.11 Å². The third-order valence-corrected chi connectivity index (χ3v) is 4.71. The van der Waals surface area contributed by atoms with Crippen LogP contribution in [0.25, 0.3) is 10.8 Å². The van der Waals surface area contributed by atoms with Crippen LogP contribution in [0.15, 0.2) is 42.5 Å². The first-order valence-electron chi connectivity index (χ1n) is 8.01. The zero-order valence-electron chi connectivity index (χ0n) is 12.1. The second kappa shape index (κ2) is 6.41. The maximum atomic E-state index is 10.7. The van der Waals surface area contributed by atoms with Crippen molar-refractivity contribution in [2.24, 2.45) is 5.92 Å². The van der Waals surface area contributed by atoms with Crippen molar-refractivity contribution in [2.75, 3.05) is 0 Å². The van der Waals surface area contributed by atoms with Crippen molar-refractivity contribution >= 4 is 10.8 Å². The molecule has 1 atom stereocenters. The lowest BCUT2D eigenvalue weighted by Gasteiger charge is -2.25. The molecule has 2 aromatic rings. The van der Waals surface area contributed by atoms with Crippen molar-refractivity contribution in [1.82, 2.24) is 0 Å². The molecule has 0 aliphatic heterocycles. The van der Waals surface area contributed by atoms with Gasteiger partial charge >= 0.3 is 0 Å². The first kappa shape index (κ1) is 13.6. The van der Waals surface area contributed by atoms with E-state index in [1.807, 2.05) is 0 Å². The first-order valence-corrected chi connectivity index (χ1v) is 8.01. The summed E-state index contributed by atoms with van der Waals surface area (Å²) in [5.74, 6) is 0.441. The normalized spacial score (nSPS) is 19.4. The molecule has 106 valence electrons. The predicted octanol–water partition coefficient (Wildman–Crippen LogP) is 5.23.